The molecule has 0 saturated heterocycles. The summed E-state index contributed by atoms with van der Waals surface area (Å²) in [5.41, 5.74) is 4.71. The van der Waals surface area contributed by atoms with Gasteiger partial charge < -0.3 is 0 Å². The lowest BCUT2D eigenvalue weighted by atomic mass is 10.2. The van der Waals surface area contributed by atoms with E-state index in [1.165, 1.54) is 0 Å². The molecule has 19 heavy (non-hydrogen) atoms. The van der Waals surface area contributed by atoms with Crippen molar-refractivity contribution in [2.45, 2.75) is 0 Å². The van der Waals surface area contributed by atoms with Crippen LogP contribution in [0.4, 0.5) is 5.69 Å². The van der Waals surface area contributed by atoms with Gasteiger partial charge in [0.2, 0.25) is 0 Å². The Labute approximate surface area is 122 Å². The lowest BCUT2D eigenvalue weighted by molar-refractivity contribution is 1.36. The predicted octanol–water partition coefficient (Wildman–Crippen LogP) is 5.02. The van der Waals surface area contributed by atoms with Gasteiger partial charge in [-0.2, -0.15) is 5.10 Å². The summed E-state index contributed by atoms with van der Waals surface area (Å²) in [5.74, 6) is 0. The minimum absolute atomic E-state index is 0.641. The van der Waals surface area contributed by atoms with Gasteiger partial charge in [-0.3, -0.25) is 5.43 Å². The van der Waals surface area contributed by atoms with Crippen molar-refractivity contribution in [1.82, 2.24) is 0 Å². The van der Waals surface area contributed by atoms with Crippen LogP contribution in [0.25, 0.3) is 5.03 Å². The van der Waals surface area contributed by atoms with E-state index in [1.807, 2.05) is 42.5 Å². The lowest BCUT2D eigenvalue weighted by Crippen LogP contribution is -1.87. The normalized spacial score (nSPS) is 11.8. The van der Waals surface area contributed by atoms with Crippen molar-refractivity contribution in [2.24, 2.45) is 5.10 Å². The van der Waals surface area contributed by atoms with Crippen LogP contribution in [0.15, 0.2) is 65.8 Å². The van der Waals surface area contributed by atoms with E-state index in [0.717, 1.165) is 11.3 Å². The number of benzene rings is 2. The third kappa shape index (κ3) is 4.43. The fraction of sp³-hybridized carbons (Fsp3) is 0. The molecule has 0 amide bonds. The summed E-state index contributed by atoms with van der Waals surface area (Å²) in [6.07, 6.45) is 3.35. The van der Waals surface area contributed by atoms with Crippen LogP contribution >= 0.6 is 23.2 Å². The van der Waals surface area contributed by atoms with Gasteiger partial charge in [0, 0.05) is 16.3 Å². The fourth-order valence-electron chi connectivity index (χ4n) is 1.43. The Kier molecular flexibility index (Phi) is 5.01. The number of hydrazone groups is 1. The summed E-state index contributed by atoms with van der Waals surface area (Å²) >= 11 is 11.9. The maximum atomic E-state index is 6.13. The quantitative estimate of drug-likeness (QED) is 0.621. The van der Waals surface area contributed by atoms with E-state index in [-0.39, 0.29) is 0 Å². The molecular weight excluding hydrogens is 279 g/mol. The highest BCUT2D eigenvalue weighted by atomic mass is 35.5. The monoisotopic (exact) mass is 290 g/mol. The molecule has 0 aliphatic carbocycles. The Morgan fingerprint density at radius 1 is 1.00 bits per heavy atom. The van der Waals surface area contributed by atoms with Crippen molar-refractivity contribution in [3.8, 4) is 0 Å². The first kappa shape index (κ1) is 13.7. The first-order valence-electron chi connectivity index (χ1n) is 5.71. The zero-order chi connectivity index (χ0) is 13.5. The molecule has 0 unspecified atom stereocenters. The van der Waals surface area contributed by atoms with Crippen LogP contribution in [-0.4, -0.2) is 6.21 Å². The number of nitrogens with one attached hydrogen (secondary N) is 1. The van der Waals surface area contributed by atoms with Crippen LogP contribution in [0.5, 0.6) is 0 Å². The number of hydrogen-bond donors (Lipinski definition) is 1. The third-order valence-corrected chi connectivity index (χ3v) is 2.98. The van der Waals surface area contributed by atoms with Gasteiger partial charge in [0.1, 0.15) is 0 Å². The van der Waals surface area contributed by atoms with Gasteiger partial charge in [0.05, 0.1) is 5.69 Å². The number of rotatable bonds is 4. The smallest absolute Gasteiger partial charge is 0.0562 e. The van der Waals surface area contributed by atoms with Crippen molar-refractivity contribution in [3.63, 3.8) is 0 Å². The van der Waals surface area contributed by atoms with Crippen LogP contribution in [-0.2, 0) is 0 Å². The molecule has 0 spiro atoms. The highest BCUT2D eigenvalue weighted by molar-refractivity contribution is 6.49. The van der Waals surface area contributed by atoms with Gasteiger partial charge in [0.25, 0.3) is 0 Å². The van der Waals surface area contributed by atoms with E-state index in [4.69, 9.17) is 23.2 Å². The highest BCUT2D eigenvalue weighted by Crippen LogP contribution is 2.17. The zero-order valence-electron chi connectivity index (χ0n) is 10.1. The summed E-state index contributed by atoms with van der Waals surface area (Å²) in [4.78, 5) is 0. The molecule has 0 radical (unpaired) electrons. The van der Waals surface area contributed by atoms with E-state index in [9.17, 15) is 0 Å². The number of allylic oxidation sites excluding steroid dienone is 1. The lowest BCUT2D eigenvalue weighted by Gasteiger charge is -1.99. The Morgan fingerprint density at radius 3 is 2.37 bits per heavy atom. The molecule has 0 atom stereocenters. The Balaban J connectivity index is 1.94. The topological polar surface area (TPSA) is 24.4 Å². The zero-order valence-corrected chi connectivity index (χ0v) is 11.6. The number of halogens is 2. The SMILES string of the molecule is Cl/C(=C/C=N\Nc1ccc(Cl)cc1)c1ccccc1. The fourth-order valence-corrected chi connectivity index (χ4v) is 1.74. The van der Waals surface area contributed by atoms with Gasteiger partial charge in [-0.15, -0.1) is 0 Å². The van der Waals surface area contributed by atoms with Gasteiger partial charge in [-0.25, -0.2) is 0 Å². The van der Waals surface area contributed by atoms with E-state index in [1.54, 1.807) is 24.4 Å². The van der Waals surface area contributed by atoms with Crippen molar-refractivity contribution in [2.75, 3.05) is 5.43 Å². The van der Waals surface area contributed by atoms with E-state index in [2.05, 4.69) is 10.5 Å². The molecule has 96 valence electrons. The Bertz CT molecular complexity index is 575. The average molecular weight is 291 g/mol. The molecule has 0 aliphatic heterocycles. The van der Waals surface area contributed by atoms with Gasteiger partial charge in [-0.05, 0) is 35.9 Å². The number of anilines is 1. The van der Waals surface area contributed by atoms with Crippen molar-refractivity contribution < 1.29 is 0 Å². The molecule has 2 rings (SSSR count). The second-order valence-corrected chi connectivity index (χ2v) is 4.62. The molecule has 0 aromatic heterocycles. The van der Waals surface area contributed by atoms with Crippen LogP contribution in [0, 0.1) is 0 Å². The van der Waals surface area contributed by atoms with E-state index >= 15 is 0 Å². The van der Waals surface area contributed by atoms with Gasteiger partial charge in [-0.1, -0.05) is 53.5 Å². The molecule has 1 N–H and O–H groups in total. The first-order valence-corrected chi connectivity index (χ1v) is 6.47. The second kappa shape index (κ2) is 6.98. The molecule has 2 aromatic rings. The van der Waals surface area contributed by atoms with Crippen LogP contribution in [0.2, 0.25) is 5.02 Å². The summed E-state index contributed by atoms with van der Waals surface area (Å²) in [5, 5.41) is 5.39. The predicted molar refractivity (Wildman–Crippen MR) is 83.8 cm³/mol. The molecule has 2 aromatic carbocycles. The minimum atomic E-state index is 0.641. The summed E-state index contributed by atoms with van der Waals surface area (Å²) < 4.78 is 0. The largest absolute Gasteiger partial charge is 0.279 e. The standard InChI is InChI=1S/C15H12Cl2N2/c16-13-6-8-14(9-7-13)19-18-11-10-15(17)12-4-2-1-3-5-12/h1-11,19H/b15-10+,18-11-. The summed E-state index contributed by atoms with van der Waals surface area (Å²) in [7, 11) is 0. The van der Waals surface area contributed by atoms with Crippen LogP contribution in [0.3, 0.4) is 0 Å². The van der Waals surface area contributed by atoms with Gasteiger partial charge in [0.15, 0.2) is 0 Å². The van der Waals surface area contributed by atoms with Crippen molar-refractivity contribution in [3.05, 3.63) is 71.3 Å². The minimum Gasteiger partial charge on any atom is -0.279 e. The van der Waals surface area contributed by atoms with E-state index < -0.39 is 0 Å². The van der Waals surface area contributed by atoms with Crippen molar-refractivity contribution in [1.29, 1.82) is 0 Å². The van der Waals surface area contributed by atoms with E-state index in [0.29, 0.717) is 10.1 Å². The molecule has 2 nitrogen and oxygen atoms in total. The number of nitrogens with zero attached hydrogens (tertiary/aromatic N) is 1. The molecule has 0 aliphatic rings. The Morgan fingerprint density at radius 2 is 1.68 bits per heavy atom. The maximum Gasteiger partial charge on any atom is 0.0562 e. The first-order chi connectivity index (χ1) is 9.25. The highest BCUT2D eigenvalue weighted by Gasteiger charge is 1.93. The Hall–Kier alpha value is -1.77. The van der Waals surface area contributed by atoms with Crippen LogP contribution < -0.4 is 5.43 Å². The van der Waals surface area contributed by atoms with Crippen molar-refractivity contribution >= 4 is 40.1 Å². The molecule has 0 heterocycles. The van der Waals surface area contributed by atoms with Gasteiger partial charge >= 0.3 is 0 Å². The molecular formula is C15H12Cl2N2. The molecule has 0 bridgehead atoms. The summed E-state index contributed by atoms with van der Waals surface area (Å²) in [6.45, 7) is 0. The molecule has 0 saturated carbocycles. The molecule has 0 fully saturated rings. The maximum absolute atomic E-state index is 6.13. The average Bonchev–Trinajstić information content (AvgIpc) is 2.46. The third-order valence-electron chi connectivity index (χ3n) is 2.38. The summed E-state index contributed by atoms with van der Waals surface area (Å²) in [6, 6.07) is 17.0. The molecule has 4 heteroatoms. The van der Waals surface area contributed by atoms with Crippen LogP contribution in [0.1, 0.15) is 5.56 Å². The second-order valence-electron chi connectivity index (χ2n) is 3.78. The number of hydrogen-bond acceptors (Lipinski definition) is 2.